The largest absolute Gasteiger partial charge is 0.496 e. The first-order valence-electron chi connectivity index (χ1n) is 7.57. The average Bonchev–Trinajstić information content (AvgIpc) is 2.89. The molecule has 2 aromatic carbocycles. The van der Waals surface area contributed by atoms with Crippen molar-refractivity contribution in [2.24, 2.45) is 0 Å². The Hall–Kier alpha value is -2.06. The Balaban J connectivity index is 1.82. The lowest BCUT2D eigenvalue weighted by molar-refractivity contribution is -0.123. The van der Waals surface area contributed by atoms with Crippen LogP contribution < -0.4 is 10.2 Å². The van der Waals surface area contributed by atoms with E-state index in [1.165, 1.54) is 18.2 Å². The summed E-state index contributed by atoms with van der Waals surface area (Å²) in [6, 6.07) is 11.7. The lowest BCUT2D eigenvalue weighted by atomic mass is 10.2. The van der Waals surface area contributed by atoms with Crippen LogP contribution in [0.3, 0.4) is 0 Å². The highest BCUT2D eigenvalue weighted by Gasteiger charge is 2.34. The Labute approximate surface area is 175 Å². The van der Waals surface area contributed by atoms with Crippen molar-refractivity contribution >= 4 is 69.4 Å². The van der Waals surface area contributed by atoms with Gasteiger partial charge < -0.3 is 4.74 Å². The van der Waals surface area contributed by atoms with Crippen LogP contribution in [0.25, 0.3) is 6.08 Å². The molecule has 9 heteroatoms. The molecule has 0 bridgehead atoms. The van der Waals surface area contributed by atoms with E-state index < -0.39 is 11.8 Å². The van der Waals surface area contributed by atoms with Gasteiger partial charge in [0.15, 0.2) is 4.32 Å². The number of carbonyl (C=O) groups excluding carboxylic acids is 2. The number of rotatable bonds is 4. The lowest BCUT2D eigenvalue weighted by Crippen LogP contribution is -2.44. The Kier molecular flexibility index (Phi) is 6.06. The monoisotopic (exact) mass is 438 g/mol. The van der Waals surface area contributed by atoms with E-state index in [1.807, 2.05) is 18.2 Å². The summed E-state index contributed by atoms with van der Waals surface area (Å²) in [6.07, 6.45) is 1.67. The number of amides is 2. The summed E-state index contributed by atoms with van der Waals surface area (Å²) < 4.78 is 5.49. The molecule has 2 amide bonds. The van der Waals surface area contributed by atoms with E-state index in [1.54, 1.807) is 19.3 Å². The molecule has 3 rings (SSSR count). The first-order chi connectivity index (χ1) is 12.9. The van der Waals surface area contributed by atoms with Crippen LogP contribution in [-0.4, -0.2) is 28.3 Å². The maximum atomic E-state index is 12.7. The molecule has 1 aliphatic rings. The zero-order valence-corrected chi connectivity index (χ0v) is 17.0. The SMILES string of the molecule is COc1ccccc1/C=C1\SC(=S)N(NC(=O)c2ccc(Cl)cc2Cl)C1=O. The second kappa shape index (κ2) is 8.31. The van der Waals surface area contributed by atoms with Crippen LogP contribution in [0, 0.1) is 0 Å². The molecule has 1 aliphatic heterocycles. The minimum Gasteiger partial charge on any atom is -0.496 e. The van der Waals surface area contributed by atoms with Crippen molar-refractivity contribution in [2.75, 3.05) is 7.11 Å². The molecular weight excluding hydrogens is 427 g/mol. The highest BCUT2D eigenvalue weighted by Crippen LogP contribution is 2.33. The van der Waals surface area contributed by atoms with Crippen molar-refractivity contribution in [1.82, 2.24) is 10.4 Å². The number of nitrogens with zero attached hydrogens (tertiary/aromatic N) is 1. The molecule has 1 heterocycles. The van der Waals surface area contributed by atoms with Gasteiger partial charge in [-0.2, -0.15) is 5.01 Å². The highest BCUT2D eigenvalue weighted by molar-refractivity contribution is 8.26. The van der Waals surface area contributed by atoms with Crippen LogP contribution >= 0.6 is 47.2 Å². The van der Waals surface area contributed by atoms with Crippen LogP contribution in [0.1, 0.15) is 15.9 Å². The molecule has 0 radical (unpaired) electrons. The van der Waals surface area contributed by atoms with Gasteiger partial charge in [0, 0.05) is 10.6 Å². The molecule has 0 aromatic heterocycles. The fourth-order valence-corrected chi connectivity index (χ4v) is 3.99. The summed E-state index contributed by atoms with van der Waals surface area (Å²) >= 11 is 18.2. The molecule has 1 fully saturated rings. The van der Waals surface area contributed by atoms with Gasteiger partial charge in [0.2, 0.25) is 0 Å². The van der Waals surface area contributed by atoms with Crippen LogP contribution in [0.2, 0.25) is 10.0 Å². The van der Waals surface area contributed by atoms with Crippen molar-refractivity contribution in [2.45, 2.75) is 0 Å². The van der Waals surface area contributed by atoms with Gasteiger partial charge in [0.1, 0.15) is 5.75 Å². The van der Waals surface area contributed by atoms with Gasteiger partial charge in [0.25, 0.3) is 11.8 Å². The van der Waals surface area contributed by atoms with Crippen LogP contribution in [0.4, 0.5) is 0 Å². The lowest BCUT2D eigenvalue weighted by Gasteiger charge is -2.16. The molecule has 0 unspecified atom stereocenters. The fraction of sp³-hybridized carbons (Fsp3) is 0.0556. The topological polar surface area (TPSA) is 58.6 Å². The molecule has 0 spiro atoms. The number of nitrogens with one attached hydrogen (secondary N) is 1. The molecule has 0 aliphatic carbocycles. The second-order valence-corrected chi connectivity index (χ2v) is 7.84. The Bertz CT molecular complexity index is 979. The number of methoxy groups -OCH3 is 1. The van der Waals surface area contributed by atoms with E-state index in [2.05, 4.69) is 5.43 Å². The van der Waals surface area contributed by atoms with E-state index >= 15 is 0 Å². The molecule has 138 valence electrons. The number of hydrazine groups is 1. The second-order valence-electron chi connectivity index (χ2n) is 5.32. The maximum Gasteiger partial charge on any atom is 0.285 e. The molecule has 5 nitrogen and oxygen atoms in total. The third-order valence-electron chi connectivity index (χ3n) is 3.61. The van der Waals surface area contributed by atoms with Gasteiger partial charge in [-0.05, 0) is 42.6 Å². The minimum absolute atomic E-state index is 0.176. The number of ether oxygens (including phenoxy) is 1. The quantitative estimate of drug-likeness (QED) is 0.560. The number of carbonyl (C=O) groups is 2. The zero-order chi connectivity index (χ0) is 19.6. The van der Waals surface area contributed by atoms with Gasteiger partial charge >= 0.3 is 0 Å². The molecule has 2 aromatic rings. The van der Waals surface area contributed by atoms with Gasteiger partial charge in [-0.25, -0.2) is 0 Å². The molecule has 1 saturated heterocycles. The molecule has 0 saturated carbocycles. The number of benzene rings is 2. The average molecular weight is 439 g/mol. The Morgan fingerprint density at radius 3 is 2.70 bits per heavy atom. The van der Waals surface area contributed by atoms with Crippen LogP contribution in [0.15, 0.2) is 47.4 Å². The van der Waals surface area contributed by atoms with E-state index in [9.17, 15) is 9.59 Å². The summed E-state index contributed by atoms with van der Waals surface area (Å²) in [4.78, 5) is 25.5. The molecular formula is C18H12Cl2N2O3S2. The number of thioether (sulfide) groups is 1. The summed E-state index contributed by atoms with van der Waals surface area (Å²) in [7, 11) is 1.55. The first-order valence-corrected chi connectivity index (χ1v) is 9.56. The maximum absolute atomic E-state index is 12.7. The van der Waals surface area contributed by atoms with Crippen LogP contribution in [0.5, 0.6) is 5.75 Å². The molecule has 1 N–H and O–H groups in total. The minimum atomic E-state index is -0.563. The van der Waals surface area contributed by atoms with E-state index in [4.69, 9.17) is 40.2 Å². The van der Waals surface area contributed by atoms with Crippen LogP contribution in [-0.2, 0) is 4.79 Å². The van der Waals surface area contributed by atoms with Gasteiger partial charge in [-0.1, -0.05) is 53.2 Å². The van der Waals surface area contributed by atoms with Crippen molar-refractivity contribution in [3.05, 3.63) is 68.5 Å². The number of thiocarbonyl (C=S) groups is 1. The number of halogens is 2. The third-order valence-corrected chi connectivity index (χ3v) is 5.46. The van der Waals surface area contributed by atoms with E-state index in [0.29, 0.717) is 15.7 Å². The Morgan fingerprint density at radius 2 is 2.00 bits per heavy atom. The van der Waals surface area contributed by atoms with Crippen molar-refractivity contribution in [3.8, 4) is 5.75 Å². The zero-order valence-electron chi connectivity index (χ0n) is 13.9. The Morgan fingerprint density at radius 1 is 1.26 bits per heavy atom. The number of hydrogen-bond acceptors (Lipinski definition) is 5. The third kappa shape index (κ3) is 4.27. The fourth-order valence-electron chi connectivity index (χ4n) is 2.33. The molecule has 27 heavy (non-hydrogen) atoms. The first kappa shape index (κ1) is 19.7. The smallest absolute Gasteiger partial charge is 0.285 e. The van der Waals surface area contributed by atoms with Crippen molar-refractivity contribution in [1.29, 1.82) is 0 Å². The normalized spacial score (nSPS) is 15.4. The number of hydrogen-bond donors (Lipinski definition) is 1. The van der Waals surface area contributed by atoms with Crippen molar-refractivity contribution < 1.29 is 14.3 Å². The number of para-hydroxylation sites is 1. The standard InChI is InChI=1S/C18H12Cl2N2O3S2/c1-25-14-5-3-2-4-10(14)8-15-17(24)22(18(26)27-15)21-16(23)12-7-6-11(19)9-13(12)20/h2-9H,1H3,(H,21,23)/b15-8-. The van der Waals surface area contributed by atoms with E-state index in [-0.39, 0.29) is 14.9 Å². The summed E-state index contributed by atoms with van der Waals surface area (Å²) in [5, 5.41) is 1.60. The summed E-state index contributed by atoms with van der Waals surface area (Å²) in [5.74, 6) is -0.374. The predicted octanol–water partition coefficient (Wildman–Crippen LogP) is 4.55. The summed E-state index contributed by atoms with van der Waals surface area (Å²) in [6.45, 7) is 0. The predicted molar refractivity (Wildman–Crippen MR) is 112 cm³/mol. The van der Waals surface area contributed by atoms with Crippen molar-refractivity contribution in [3.63, 3.8) is 0 Å². The molecule has 0 atom stereocenters. The van der Waals surface area contributed by atoms with E-state index in [0.717, 1.165) is 22.3 Å². The summed E-state index contributed by atoms with van der Waals surface area (Å²) in [5.41, 5.74) is 3.40. The van der Waals surface area contributed by atoms with Gasteiger partial charge in [-0.3, -0.25) is 15.0 Å². The highest BCUT2D eigenvalue weighted by atomic mass is 35.5. The van der Waals surface area contributed by atoms with Gasteiger partial charge in [-0.15, -0.1) is 0 Å². The van der Waals surface area contributed by atoms with Gasteiger partial charge in [0.05, 0.1) is 22.6 Å².